The number of aliphatic hydroxyl groups is 1. The molecule has 1 amide bonds. The third-order valence-corrected chi connectivity index (χ3v) is 9.17. The third kappa shape index (κ3) is 2.38. The van der Waals surface area contributed by atoms with Crippen LogP contribution in [-0.2, 0) is 10.2 Å². The van der Waals surface area contributed by atoms with Crippen LogP contribution < -0.4 is 15.0 Å². The highest BCUT2D eigenvalue weighted by Crippen LogP contribution is 2.68. The van der Waals surface area contributed by atoms with Crippen LogP contribution in [0.2, 0.25) is 0 Å². The lowest BCUT2D eigenvalue weighted by Crippen LogP contribution is -2.77. The Kier molecular flexibility index (Phi) is 4.52. The van der Waals surface area contributed by atoms with Crippen LogP contribution in [0.5, 0.6) is 5.75 Å². The highest BCUT2D eigenvalue weighted by molar-refractivity contribution is 5.73. The number of carbonyl (C=O) groups excluding carboxylic acids is 1. The molecule has 0 unspecified atom stereocenters. The molecular formula is C25H35N3O3. The molecule has 6 heteroatoms. The molecule has 3 aliphatic heterocycles. The quantitative estimate of drug-likeness (QED) is 0.725. The van der Waals surface area contributed by atoms with E-state index in [0.29, 0.717) is 6.04 Å². The van der Waals surface area contributed by atoms with Gasteiger partial charge in [-0.25, -0.2) is 0 Å². The van der Waals surface area contributed by atoms with Gasteiger partial charge in [0.2, 0.25) is 5.91 Å². The average molecular weight is 426 g/mol. The lowest BCUT2D eigenvalue weighted by molar-refractivity contribution is -0.156. The van der Waals surface area contributed by atoms with Crippen molar-refractivity contribution >= 4 is 11.6 Å². The zero-order valence-corrected chi connectivity index (χ0v) is 19.3. The van der Waals surface area contributed by atoms with Crippen molar-refractivity contribution in [1.29, 1.82) is 0 Å². The van der Waals surface area contributed by atoms with Gasteiger partial charge in [-0.2, -0.15) is 0 Å². The summed E-state index contributed by atoms with van der Waals surface area (Å²) >= 11 is 0. The van der Waals surface area contributed by atoms with E-state index in [-0.39, 0.29) is 35.2 Å². The molecule has 1 aromatic rings. The molecule has 0 radical (unpaired) electrons. The fourth-order valence-electron chi connectivity index (χ4n) is 7.96. The zero-order chi connectivity index (χ0) is 22.2. The highest BCUT2D eigenvalue weighted by atomic mass is 16.5. The molecule has 1 saturated heterocycles. The summed E-state index contributed by atoms with van der Waals surface area (Å²) in [4.78, 5) is 16.8. The minimum Gasteiger partial charge on any atom is -0.497 e. The van der Waals surface area contributed by atoms with Crippen molar-refractivity contribution in [2.75, 3.05) is 38.7 Å². The zero-order valence-electron chi connectivity index (χ0n) is 19.3. The summed E-state index contributed by atoms with van der Waals surface area (Å²) in [6, 6.07) is 6.60. The smallest absolute Gasteiger partial charge is 0.216 e. The van der Waals surface area contributed by atoms with Crippen LogP contribution >= 0.6 is 0 Å². The van der Waals surface area contributed by atoms with Gasteiger partial charge in [0.1, 0.15) is 11.4 Å². The fourth-order valence-corrected chi connectivity index (χ4v) is 7.96. The number of hydrogen-bond donors (Lipinski definition) is 2. The van der Waals surface area contributed by atoms with Crippen molar-refractivity contribution in [3.8, 4) is 5.75 Å². The maximum Gasteiger partial charge on any atom is 0.216 e. The van der Waals surface area contributed by atoms with Crippen LogP contribution in [0.4, 0.5) is 5.69 Å². The van der Waals surface area contributed by atoms with Crippen molar-refractivity contribution in [1.82, 2.24) is 10.2 Å². The van der Waals surface area contributed by atoms with Crippen LogP contribution in [0.1, 0.15) is 39.2 Å². The van der Waals surface area contributed by atoms with Gasteiger partial charge in [-0.3, -0.25) is 9.69 Å². The summed E-state index contributed by atoms with van der Waals surface area (Å²) in [5, 5.41) is 15.5. The Balaban J connectivity index is 1.78. The summed E-state index contributed by atoms with van der Waals surface area (Å²) < 4.78 is 5.55. The van der Waals surface area contributed by atoms with E-state index in [2.05, 4.69) is 66.4 Å². The van der Waals surface area contributed by atoms with Gasteiger partial charge in [0.25, 0.3) is 0 Å². The first kappa shape index (κ1) is 20.8. The van der Waals surface area contributed by atoms with E-state index >= 15 is 0 Å². The monoisotopic (exact) mass is 425 g/mol. The van der Waals surface area contributed by atoms with Crippen LogP contribution in [0.15, 0.2) is 30.4 Å². The number of ether oxygens (including phenoxy) is 1. The molecule has 1 aromatic carbocycles. The van der Waals surface area contributed by atoms with Gasteiger partial charge in [0, 0.05) is 55.7 Å². The largest absolute Gasteiger partial charge is 0.497 e. The van der Waals surface area contributed by atoms with E-state index in [1.165, 1.54) is 12.5 Å². The summed E-state index contributed by atoms with van der Waals surface area (Å²) in [6.45, 7) is 8.22. The topological polar surface area (TPSA) is 65.0 Å². The molecular weight excluding hydrogens is 390 g/mol. The van der Waals surface area contributed by atoms with Crippen molar-refractivity contribution in [2.45, 2.75) is 56.7 Å². The Labute approximate surface area is 185 Å². The van der Waals surface area contributed by atoms with Crippen molar-refractivity contribution < 1.29 is 14.6 Å². The number of anilines is 1. The second-order valence-corrected chi connectivity index (χ2v) is 10.1. The van der Waals surface area contributed by atoms with Crippen LogP contribution in [0, 0.1) is 11.3 Å². The molecule has 5 rings (SSSR count). The number of amides is 1. The number of benzene rings is 1. The standard InChI is InChI=1S/C25H35N3O3/c1-6-23-10-7-12-28-13-11-24(21(23)28)19-9-8-18(31-5)14-20(19)27(4)22(24)25(30,16(23)2)15-26-17(3)29/h7-10,14,16,21-22,30H,6,11-13,15H2,1-5H3,(H,26,29)/t16-,21+,22-,23+,24-,25+/m1/s1. The van der Waals surface area contributed by atoms with E-state index < -0.39 is 5.60 Å². The molecule has 168 valence electrons. The predicted molar refractivity (Wildman–Crippen MR) is 122 cm³/mol. The van der Waals surface area contributed by atoms with Gasteiger partial charge < -0.3 is 20.1 Å². The molecule has 1 aliphatic carbocycles. The lowest BCUT2D eigenvalue weighted by Gasteiger charge is -2.65. The molecule has 1 saturated carbocycles. The highest BCUT2D eigenvalue weighted by Gasteiger charge is 2.75. The second kappa shape index (κ2) is 6.72. The molecule has 2 fully saturated rings. The minimum absolute atomic E-state index is 0.0178. The molecule has 0 aromatic heterocycles. The Hall–Kier alpha value is -2.05. The Morgan fingerprint density at radius 1 is 1.35 bits per heavy atom. The second-order valence-electron chi connectivity index (χ2n) is 10.1. The number of likely N-dealkylation sites (N-methyl/N-ethyl adjacent to an activating group) is 1. The number of nitrogens with one attached hydrogen (secondary N) is 1. The first-order chi connectivity index (χ1) is 14.8. The maximum atomic E-state index is 12.5. The van der Waals surface area contributed by atoms with Gasteiger partial charge in [-0.05, 0) is 36.9 Å². The molecule has 31 heavy (non-hydrogen) atoms. The van der Waals surface area contributed by atoms with Crippen LogP contribution in [0.25, 0.3) is 0 Å². The summed E-state index contributed by atoms with van der Waals surface area (Å²) in [7, 11) is 3.80. The number of nitrogens with zero attached hydrogens (tertiary/aromatic N) is 2. The van der Waals surface area contributed by atoms with Crippen LogP contribution in [0.3, 0.4) is 0 Å². The normalized spacial score (nSPS) is 40.3. The molecule has 3 heterocycles. The van der Waals surface area contributed by atoms with E-state index in [1.54, 1.807) is 7.11 Å². The number of rotatable bonds is 4. The molecule has 6 nitrogen and oxygen atoms in total. The predicted octanol–water partition coefficient (Wildman–Crippen LogP) is 2.31. The van der Waals surface area contributed by atoms with Crippen molar-refractivity contribution in [2.24, 2.45) is 11.3 Å². The van der Waals surface area contributed by atoms with E-state index in [0.717, 1.165) is 37.4 Å². The third-order valence-electron chi connectivity index (χ3n) is 9.17. The van der Waals surface area contributed by atoms with E-state index in [9.17, 15) is 9.90 Å². The van der Waals surface area contributed by atoms with Gasteiger partial charge in [0.05, 0.1) is 13.2 Å². The SMILES string of the molecule is CC[C@]12C=CCN3CC[C@@]4(c5ccc(OC)cc5N(C)[C@H]4[C@](O)(CNC(C)=O)[C@@H]1C)[C@@H]32. The summed E-state index contributed by atoms with van der Waals surface area (Å²) in [5.41, 5.74) is 1.03. The minimum atomic E-state index is -1.07. The lowest BCUT2D eigenvalue weighted by atomic mass is 9.45. The maximum absolute atomic E-state index is 12.5. The Bertz CT molecular complexity index is 948. The molecule has 0 bridgehead atoms. The fraction of sp³-hybridized carbons (Fsp3) is 0.640. The summed E-state index contributed by atoms with van der Waals surface area (Å²) in [5.74, 6) is 0.712. The van der Waals surface area contributed by atoms with Gasteiger partial charge in [-0.15, -0.1) is 0 Å². The molecule has 4 aliphatic rings. The number of fused-ring (bicyclic) bond motifs is 1. The van der Waals surface area contributed by atoms with Crippen molar-refractivity contribution in [3.05, 3.63) is 35.9 Å². The van der Waals surface area contributed by atoms with Gasteiger partial charge in [-0.1, -0.05) is 32.1 Å². The average Bonchev–Trinajstić information content (AvgIpc) is 3.28. The van der Waals surface area contributed by atoms with Gasteiger partial charge >= 0.3 is 0 Å². The number of methoxy groups -OCH3 is 1. The Morgan fingerprint density at radius 3 is 2.81 bits per heavy atom. The van der Waals surface area contributed by atoms with Crippen molar-refractivity contribution in [3.63, 3.8) is 0 Å². The van der Waals surface area contributed by atoms with E-state index in [1.807, 2.05) is 0 Å². The van der Waals surface area contributed by atoms with Crippen LogP contribution in [-0.4, -0.2) is 67.4 Å². The first-order valence-electron chi connectivity index (χ1n) is 11.6. The Morgan fingerprint density at radius 2 is 2.13 bits per heavy atom. The van der Waals surface area contributed by atoms with E-state index in [4.69, 9.17) is 4.74 Å². The molecule has 2 N–H and O–H groups in total. The molecule has 1 spiro atoms. The molecule has 6 atom stereocenters. The summed E-state index contributed by atoms with van der Waals surface area (Å²) in [6.07, 6.45) is 6.65. The number of carbonyl (C=O) groups is 1. The van der Waals surface area contributed by atoms with Gasteiger partial charge in [0.15, 0.2) is 0 Å². The number of hydrogen-bond acceptors (Lipinski definition) is 5. The first-order valence-corrected chi connectivity index (χ1v) is 11.6.